The van der Waals surface area contributed by atoms with Gasteiger partial charge in [0.2, 0.25) is 0 Å². The molecule has 3 nitrogen and oxygen atoms in total. The molecule has 1 aliphatic heterocycles. The van der Waals surface area contributed by atoms with E-state index >= 15 is 0 Å². The molecule has 1 atom stereocenters. The van der Waals surface area contributed by atoms with Crippen LogP contribution in [0.4, 0.5) is 0 Å². The Labute approximate surface area is 98.7 Å². The van der Waals surface area contributed by atoms with E-state index in [1.54, 1.807) is 6.21 Å². The van der Waals surface area contributed by atoms with E-state index in [4.69, 9.17) is 0 Å². The first-order valence-corrected chi connectivity index (χ1v) is 6.16. The van der Waals surface area contributed by atoms with Gasteiger partial charge in [-0.15, -0.1) is 11.8 Å². The Hall–Kier alpha value is -1.42. The summed E-state index contributed by atoms with van der Waals surface area (Å²) in [6.07, 6.45) is 3.98. The van der Waals surface area contributed by atoms with E-state index in [1.165, 1.54) is 23.5 Å². The van der Waals surface area contributed by atoms with Crippen molar-refractivity contribution in [2.45, 2.75) is 11.8 Å². The van der Waals surface area contributed by atoms with Gasteiger partial charge >= 0.3 is 0 Å². The first-order valence-electron chi connectivity index (χ1n) is 5.11. The number of benzene rings is 1. The van der Waals surface area contributed by atoms with Crippen LogP contribution in [0.15, 0.2) is 40.3 Å². The minimum absolute atomic E-state index is 0.152. The molecule has 0 aliphatic carbocycles. The smallest absolute Gasteiger partial charge is 0.269 e. The predicted octanol–water partition coefficient (Wildman–Crippen LogP) is 1.97. The molecule has 82 valence electrons. The monoisotopic (exact) mass is 232 g/mol. The van der Waals surface area contributed by atoms with Crippen molar-refractivity contribution in [3.63, 3.8) is 0 Å². The van der Waals surface area contributed by atoms with E-state index in [-0.39, 0.29) is 11.3 Å². The topological polar surface area (TPSA) is 41.8 Å². The number of thioether (sulfide) groups is 1. The van der Waals surface area contributed by atoms with Crippen LogP contribution in [0.25, 0.3) is 0 Å². The van der Waals surface area contributed by atoms with Crippen LogP contribution >= 0.6 is 11.8 Å². The molecular weight excluding hydrogens is 220 g/mol. The maximum atomic E-state index is 11.3. The molecular formula is C12H12N2OS. The lowest BCUT2D eigenvalue weighted by atomic mass is 10.2. The molecule has 0 saturated carbocycles. The van der Waals surface area contributed by atoms with Gasteiger partial charge in [-0.2, -0.15) is 0 Å². The summed E-state index contributed by atoms with van der Waals surface area (Å²) >= 11 is 1.54. The minimum Gasteiger partial charge on any atom is -0.269 e. The van der Waals surface area contributed by atoms with E-state index in [2.05, 4.69) is 22.1 Å². The molecule has 0 spiro atoms. The molecule has 1 unspecified atom stereocenters. The van der Waals surface area contributed by atoms with E-state index in [9.17, 15) is 4.79 Å². The van der Waals surface area contributed by atoms with Crippen LogP contribution in [0, 0.1) is 0 Å². The first-order chi connectivity index (χ1) is 7.86. The Bertz CT molecular complexity index is 414. The summed E-state index contributed by atoms with van der Waals surface area (Å²) in [5.74, 6) is 0.730. The van der Waals surface area contributed by atoms with E-state index in [0.717, 1.165) is 12.2 Å². The number of aliphatic imine (C=N–C) groups is 2. The number of aryl methyl sites for hydroxylation is 1. The molecule has 0 saturated heterocycles. The molecule has 1 heterocycles. The summed E-state index contributed by atoms with van der Waals surface area (Å²) in [5, 5.41) is -0.339. The van der Waals surface area contributed by atoms with Crippen LogP contribution in [0.2, 0.25) is 0 Å². The summed E-state index contributed by atoms with van der Waals surface area (Å²) in [7, 11) is 0. The Morgan fingerprint density at radius 3 is 2.75 bits per heavy atom. The third-order valence-electron chi connectivity index (χ3n) is 2.21. The molecule has 1 amide bonds. The molecule has 1 aromatic carbocycles. The van der Waals surface area contributed by atoms with Gasteiger partial charge in [0.05, 0.1) is 0 Å². The van der Waals surface area contributed by atoms with Gasteiger partial charge in [0.25, 0.3) is 5.91 Å². The van der Waals surface area contributed by atoms with Gasteiger partial charge in [-0.3, -0.25) is 9.79 Å². The zero-order valence-corrected chi connectivity index (χ0v) is 9.56. The molecule has 0 bridgehead atoms. The van der Waals surface area contributed by atoms with Crippen molar-refractivity contribution in [3.05, 3.63) is 35.9 Å². The normalized spacial score (nSPS) is 19.0. The standard InChI is InChI=1S/C12H12N2OS/c15-11-12(14-8-7-13-11)16-9-6-10-4-2-1-3-5-10/h1-5,7-8,12H,6,9H2. The lowest BCUT2D eigenvalue weighted by molar-refractivity contribution is -0.117. The van der Waals surface area contributed by atoms with Crippen LogP contribution in [0.1, 0.15) is 5.56 Å². The fraction of sp³-hybridized carbons (Fsp3) is 0.250. The molecule has 0 aromatic heterocycles. The lowest BCUT2D eigenvalue weighted by Gasteiger charge is -2.09. The van der Waals surface area contributed by atoms with Crippen LogP contribution in [0.5, 0.6) is 0 Å². The molecule has 0 radical (unpaired) electrons. The third kappa shape index (κ3) is 3.03. The predicted molar refractivity (Wildman–Crippen MR) is 68.4 cm³/mol. The van der Waals surface area contributed by atoms with Gasteiger partial charge in [0.1, 0.15) is 0 Å². The average molecular weight is 232 g/mol. The SMILES string of the molecule is O=C1N=CC=NC1SCCc1ccccc1. The molecule has 4 heteroatoms. The summed E-state index contributed by atoms with van der Waals surface area (Å²) in [6, 6.07) is 10.2. The molecule has 0 fully saturated rings. The lowest BCUT2D eigenvalue weighted by Crippen LogP contribution is -2.17. The van der Waals surface area contributed by atoms with E-state index in [1.807, 2.05) is 18.2 Å². The summed E-state index contributed by atoms with van der Waals surface area (Å²) in [5.41, 5.74) is 1.28. The van der Waals surface area contributed by atoms with Crippen molar-refractivity contribution < 1.29 is 4.79 Å². The maximum Gasteiger partial charge on any atom is 0.280 e. The Morgan fingerprint density at radius 1 is 1.19 bits per heavy atom. The largest absolute Gasteiger partial charge is 0.280 e. The summed E-state index contributed by atoms with van der Waals surface area (Å²) < 4.78 is 0. The average Bonchev–Trinajstić information content (AvgIpc) is 2.33. The second-order valence-electron chi connectivity index (χ2n) is 3.37. The second-order valence-corrected chi connectivity index (χ2v) is 4.56. The van der Waals surface area contributed by atoms with Gasteiger partial charge < -0.3 is 0 Å². The fourth-order valence-corrected chi connectivity index (χ4v) is 2.33. The quantitative estimate of drug-likeness (QED) is 0.796. The molecule has 16 heavy (non-hydrogen) atoms. The highest BCUT2D eigenvalue weighted by Gasteiger charge is 2.17. The summed E-state index contributed by atoms with van der Waals surface area (Å²) in [4.78, 5) is 19.1. The summed E-state index contributed by atoms with van der Waals surface area (Å²) in [6.45, 7) is 0. The third-order valence-corrected chi connectivity index (χ3v) is 3.29. The van der Waals surface area contributed by atoms with Crippen molar-refractivity contribution in [3.8, 4) is 0 Å². The Balaban J connectivity index is 1.78. The highest BCUT2D eigenvalue weighted by Crippen LogP contribution is 2.17. The van der Waals surface area contributed by atoms with Crippen LogP contribution < -0.4 is 0 Å². The van der Waals surface area contributed by atoms with Crippen molar-refractivity contribution in [2.75, 3.05) is 5.75 Å². The number of nitrogens with zero attached hydrogens (tertiary/aromatic N) is 2. The number of rotatable bonds is 4. The van der Waals surface area contributed by atoms with Crippen molar-refractivity contribution in [1.29, 1.82) is 0 Å². The number of carbonyl (C=O) groups is 1. The Kier molecular flexibility index (Phi) is 3.88. The Morgan fingerprint density at radius 2 is 2.00 bits per heavy atom. The van der Waals surface area contributed by atoms with Crippen LogP contribution in [0.3, 0.4) is 0 Å². The zero-order chi connectivity index (χ0) is 11.2. The number of hydrogen-bond donors (Lipinski definition) is 0. The van der Waals surface area contributed by atoms with Crippen molar-refractivity contribution >= 4 is 30.1 Å². The fourth-order valence-electron chi connectivity index (χ4n) is 1.40. The molecule has 1 aliphatic rings. The molecule has 1 aromatic rings. The van der Waals surface area contributed by atoms with Crippen LogP contribution in [-0.4, -0.2) is 29.5 Å². The second kappa shape index (κ2) is 5.61. The van der Waals surface area contributed by atoms with E-state index < -0.39 is 0 Å². The van der Waals surface area contributed by atoms with Gasteiger partial charge in [-0.05, 0) is 17.7 Å². The molecule has 0 N–H and O–H groups in total. The highest BCUT2D eigenvalue weighted by atomic mass is 32.2. The highest BCUT2D eigenvalue weighted by molar-refractivity contribution is 8.00. The van der Waals surface area contributed by atoms with Crippen molar-refractivity contribution in [2.24, 2.45) is 9.98 Å². The maximum absolute atomic E-state index is 11.3. The first kappa shape index (κ1) is 11.1. The van der Waals surface area contributed by atoms with Gasteiger partial charge in [0.15, 0.2) is 5.37 Å². The number of amides is 1. The van der Waals surface area contributed by atoms with Crippen molar-refractivity contribution in [1.82, 2.24) is 0 Å². The van der Waals surface area contributed by atoms with Gasteiger partial charge in [-0.1, -0.05) is 30.3 Å². The van der Waals surface area contributed by atoms with Gasteiger partial charge in [0, 0.05) is 12.4 Å². The van der Waals surface area contributed by atoms with E-state index in [0.29, 0.717) is 0 Å². The number of carbonyl (C=O) groups excluding carboxylic acids is 1. The van der Waals surface area contributed by atoms with Gasteiger partial charge in [-0.25, -0.2) is 4.99 Å². The van der Waals surface area contributed by atoms with Crippen LogP contribution in [-0.2, 0) is 11.2 Å². The minimum atomic E-state index is -0.339. The zero-order valence-electron chi connectivity index (χ0n) is 8.74. The molecule has 2 rings (SSSR count). The number of hydrogen-bond acceptors (Lipinski definition) is 3.